The van der Waals surface area contributed by atoms with E-state index in [0.29, 0.717) is 0 Å². The van der Waals surface area contributed by atoms with E-state index in [1.54, 1.807) is 39.0 Å². The van der Waals surface area contributed by atoms with E-state index in [9.17, 15) is 29.4 Å². The molecule has 1 aromatic rings. The van der Waals surface area contributed by atoms with Crippen LogP contribution in [0.1, 0.15) is 71.7 Å². The second-order valence-electron chi connectivity index (χ2n) is 13.4. The monoisotopic (exact) mass is 628 g/mol. The number of rotatable bonds is 5. The summed E-state index contributed by atoms with van der Waals surface area (Å²) in [6.07, 6.45) is -5.51. The maximum atomic E-state index is 15.1. The van der Waals surface area contributed by atoms with Crippen molar-refractivity contribution in [2.45, 2.75) is 96.9 Å². The Labute approximate surface area is 261 Å². The Balaban J connectivity index is 1.89. The van der Waals surface area contributed by atoms with Crippen molar-refractivity contribution >= 4 is 29.7 Å². The molecule has 3 fully saturated rings. The van der Waals surface area contributed by atoms with E-state index in [-0.39, 0.29) is 30.6 Å². The first-order chi connectivity index (χ1) is 20.9. The molecule has 2 bridgehead atoms. The van der Waals surface area contributed by atoms with Crippen molar-refractivity contribution in [2.75, 3.05) is 6.61 Å². The van der Waals surface area contributed by atoms with Crippen LogP contribution in [0.15, 0.2) is 41.7 Å². The smallest absolute Gasteiger partial charge is 0.338 e. The van der Waals surface area contributed by atoms with E-state index in [2.05, 4.69) is 0 Å². The van der Waals surface area contributed by atoms with E-state index in [1.807, 2.05) is 0 Å². The van der Waals surface area contributed by atoms with Crippen LogP contribution < -0.4 is 0 Å². The fourth-order valence-corrected chi connectivity index (χ4v) is 8.24. The summed E-state index contributed by atoms with van der Waals surface area (Å²) in [5, 5.41) is 24.4. The zero-order valence-corrected chi connectivity index (χ0v) is 26.4. The van der Waals surface area contributed by atoms with E-state index in [1.165, 1.54) is 32.9 Å². The van der Waals surface area contributed by atoms with E-state index < -0.39 is 93.7 Å². The Morgan fingerprint density at radius 1 is 0.956 bits per heavy atom. The minimum atomic E-state index is -2.15. The molecule has 0 aromatic heterocycles. The quantitative estimate of drug-likeness (QED) is 0.361. The number of Topliss-reactive ketones (excluding diaryl/α,β-unsaturated/α-hetero) is 1. The fourth-order valence-electron chi connectivity index (χ4n) is 8.24. The molecule has 0 spiro atoms. The number of fused-ring (bicyclic) bond motifs is 5. The van der Waals surface area contributed by atoms with Crippen molar-refractivity contribution in [2.24, 2.45) is 22.7 Å². The van der Waals surface area contributed by atoms with Gasteiger partial charge >= 0.3 is 23.9 Å². The number of carbonyl (C=O) groups excluding carboxylic acids is 5. The van der Waals surface area contributed by atoms with Gasteiger partial charge in [-0.3, -0.25) is 19.2 Å². The van der Waals surface area contributed by atoms with Crippen LogP contribution in [0.5, 0.6) is 0 Å². The summed E-state index contributed by atoms with van der Waals surface area (Å²) in [4.78, 5) is 66.7. The lowest BCUT2D eigenvalue weighted by atomic mass is 9.45. The summed E-state index contributed by atoms with van der Waals surface area (Å²) < 4.78 is 29.5. The maximum Gasteiger partial charge on any atom is 0.338 e. The first-order valence-electron chi connectivity index (χ1n) is 15.0. The predicted octanol–water partition coefficient (Wildman–Crippen LogP) is 2.43. The van der Waals surface area contributed by atoms with Crippen LogP contribution in [0, 0.1) is 22.7 Å². The first-order valence-corrected chi connectivity index (χ1v) is 15.0. The third-order valence-corrected chi connectivity index (χ3v) is 10.5. The van der Waals surface area contributed by atoms with Crippen LogP contribution in [-0.2, 0) is 42.9 Å². The molecule has 9 atom stereocenters. The number of ketones is 1. The molecular weight excluding hydrogens is 588 g/mol. The minimum absolute atomic E-state index is 0.0896. The van der Waals surface area contributed by atoms with E-state index in [0.717, 1.165) is 6.92 Å². The number of benzene rings is 1. The molecule has 12 heteroatoms. The second kappa shape index (κ2) is 11.0. The lowest BCUT2D eigenvalue weighted by Gasteiger charge is -2.67. The van der Waals surface area contributed by atoms with Crippen LogP contribution >= 0.6 is 0 Å². The van der Waals surface area contributed by atoms with Gasteiger partial charge in [0.15, 0.2) is 11.4 Å². The van der Waals surface area contributed by atoms with Gasteiger partial charge in [-0.15, -0.1) is 0 Å². The van der Waals surface area contributed by atoms with Crippen molar-refractivity contribution < 1.29 is 57.9 Å². The van der Waals surface area contributed by atoms with Gasteiger partial charge in [0.05, 0.1) is 29.6 Å². The van der Waals surface area contributed by atoms with E-state index in [4.69, 9.17) is 23.7 Å². The number of hydrogen-bond donors (Lipinski definition) is 2. The second-order valence-corrected chi connectivity index (χ2v) is 13.4. The first kappa shape index (κ1) is 32.8. The maximum absolute atomic E-state index is 15.1. The lowest BCUT2D eigenvalue weighted by molar-refractivity contribution is -0.345. The molecule has 4 aliphatic rings. The van der Waals surface area contributed by atoms with Gasteiger partial charge in [-0.05, 0) is 24.6 Å². The molecule has 45 heavy (non-hydrogen) atoms. The molecule has 12 nitrogen and oxygen atoms in total. The van der Waals surface area contributed by atoms with E-state index >= 15 is 4.79 Å². The molecule has 5 rings (SSSR count). The van der Waals surface area contributed by atoms with Crippen LogP contribution in [0.3, 0.4) is 0 Å². The molecule has 2 saturated carbocycles. The number of carbonyl (C=O) groups is 5. The number of allylic oxidation sites excluding steroid dienone is 1. The number of ether oxygens (including phenoxy) is 5. The third-order valence-electron chi connectivity index (χ3n) is 10.5. The largest absolute Gasteiger partial charge is 0.461 e. The van der Waals surface area contributed by atoms with Crippen LogP contribution in [0.25, 0.3) is 0 Å². The molecule has 3 aliphatic carbocycles. The Morgan fingerprint density at radius 2 is 1.60 bits per heavy atom. The normalized spacial score (nSPS) is 38.3. The highest BCUT2D eigenvalue weighted by Crippen LogP contribution is 2.65. The molecule has 1 unspecified atom stereocenters. The third kappa shape index (κ3) is 4.80. The number of esters is 4. The highest BCUT2D eigenvalue weighted by Gasteiger charge is 2.78. The average molecular weight is 629 g/mol. The van der Waals surface area contributed by atoms with Crippen LogP contribution in [-0.4, -0.2) is 82.1 Å². The van der Waals surface area contributed by atoms with Crippen molar-refractivity contribution in [3.8, 4) is 0 Å². The number of hydrogen-bond acceptors (Lipinski definition) is 12. The molecule has 2 N–H and O–H groups in total. The van der Waals surface area contributed by atoms with Gasteiger partial charge in [0, 0.05) is 44.9 Å². The zero-order chi connectivity index (χ0) is 33.3. The van der Waals surface area contributed by atoms with Gasteiger partial charge in [0.2, 0.25) is 5.78 Å². The van der Waals surface area contributed by atoms with Crippen LogP contribution in [0.2, 0.25) is 0 Å². The summed E-state index contributed by atoms with van der Waals surface area (Å²) in [6.45, 7) is 9.59. The number of aliphatic hydroxyl groups is 2. The van der Waals surface area contributed by atoms with Crippen LogP contribution in [0.4, 0.5) is 0 Å². The van der Waals surface area contributed by atoms with Gasteiger partial charge < -0.3 is 33.9 Å². The molecule has 0 amide bonds. The molecule has 1 heterocycles. The Bertz CT molecular complexity index is 1460. The summed E-state index contributed by atoms with van der Waals surface area (Å²) in [6, 6.07) is 8.01. The van der Waals surface area contributed by atoms with Gasteiger partial charge in [-0.25, -0.2) is 4.79 Å². The van der Waals surface area contributed by atoms with Gasteiger partial charge in [-0.1, -0.05) is 39.0 Å². The van der Waals surface area contributed by atoms with Gasteiger partial charge in [-0.2, -0.15) is 0 Å². The zero-order valence-electron chi connectivity index (χ0n) is 26.4. The predicted molar refractivity (Wildman–Crippen MR) is 154 cm³/mol. The molecular formula is C33H40O12. The molecule has 1 aliphatic heterocycles. The van der Waals surface area contributed by atoms with Crippen molar-refractivity contribution in [1.29, 1.82) is 0 Å². The van der Waals surface area contributed by atoms with Gasteiger partial charge in [0.25, 0.3) is 0 Å². The highest BCUT2D eigenvalue weighted by atomic mass is 16.6. The average Bonchev–Trinajstić information content (AvgIpc) is 2.94. The Kier molecular flexibility index (Phi) is 8.03. The highest BCUT2D eigenvalue weighted by molar-refractivity contribution is 6.02. The summed E-state index contributed by atoms with van der Waals surface area (Å²) in [7, 11) is 0. The summed E-state index contributed by atoms with van der Waals surface area (Å²) in [5.41, 5.74) is -6.90. The lowest BCUT2D eigenvalue weighted by Crippen LogP contribution is -2.81. The van der Waals surface area contributed by atoms with Crippen molar-refractivity contribution in [1.82, 2.24) is 0 Å². The molecule has 244 valence electrons. The molecule has 1 aromatic carbocycles. The molecule has 1 saturated heterocycles. The van der Waals surface area contributed by atoms with Gasteiger partial charge in [0.1, 0.15) is 23.9 Å². The minimum Gasteiger partial charge on any atom is -0.461 e. The molecule has 0 radical (unpaired) electrons. The summed E-state index contributed by atoms with van der Waals surface area (Å²) in [5.74, 6) is -6.53. The topological polar surface area (TPSA) is 172 Å². The Morgan fingerprint density at radius 3 is 2.13 bits per heavy atom. The Hall–Kier alpha value is -3.61. The number of aliphatic hydroxyl groups excluding tert-OH is 1. The van der Waals surface area contributed by atoms with Crippen molar-refractivity contribution in [3.63, 3.8) is 0 Å². The standard InChI is InChI=1S/C33H40O12/c1-16-21(37)14-33(40)28(44-29(39)20-11-9-8-10-12-20)26-31(7,27(38)25(43-18(3)35)24(16)30(33,5)6)22(42-17(2)34)13-23-32(26,15-41-23)45-19(4)36/h8-12,16,21-23,26,28,37,40H,13-15H2,1-7H3/t16?,21-,22-,23+,26-,28-,31+,32-,33+/m0/s1. The fraction of sp³-hybridized carbons (Fsp3) is 0.606. The van der Waals surface area contributed by atoms with Crippen molar-refractivity contribution in [3.05, 3.63) is 47.2 Å². The SMILES string of the molecule is CC(=O)OC1=C2C(C)[C@@H](O)C[C@@](O)([C@@H](OC(=O)c3ccccc3)[C@@H]3[C@]4(OC(C)=O)CO[C@@H]4C[C@H](OC(C)=O)[C@@]3(C)C1=O)C2(C)C. The summed E-state index contributed by atoms with van der Waals surface area (Å²) >= 11 is 0.